The SMILES string of the molecule is Fc1ccccc1/C=C1\CCCC2=C1N=C1SC=C(c3ccc(Br)cc3)N1[C@H]2c1ccccc1F. The molecule has 0 radical (unpaired) electrons. The molecule has 174 valence electrons. The van der Waals surface area contributed by atoms with Crippen LogP contribution in [0, 0.1) is 11.6 Å². The molecule has 3 aromatic rings. The summed E-state index contributed by atoms with van der Waals surface area (Å²) in [4.78, 5) is 7.25. The van der Waals surface area contributed by atoms with Crippen LogP contribution >= 0.6 is 27.7 Å². The lowest BCUT2D eigenvalue weighted by molar-refractivity contribution is 0.439. The number of thioether (sulfide) groups is 1. The molecule has 0 amide bonds. The van der Waals surface area contributed by atoms with Crippen molar-refractivity contribution in [2.75, 3.05) is 0 Å². The summed E-state index contributed by atoms with van der Waals surface area (Å²) in [6.45, 7) is 0. The van der Waals surface area contributed by atoms with Gasteiger partial charge in [0.2, 0.25) is 0 Å². The second-order valence-corrected chi connectivity index (χ2v) is 10.5. The molecule has 0 saturated carbocycles. The maximum atomic E-state index is 15.3. The predicted octanol–water partition coefficient (Wildman–Crippen LogP) is 8.71. The fourth-order valence-corrected chi connectivity index (χ4v) is 6.19. The van der Waals surface area contributed by atoms with E-state index in [1.165, 1.54) is 12.1 Å². The molecule has 0 unspecified atom stereocenters. The highest BCUT2D eigenvalue weighted by Gasteiger charge is 2.41. The number of hydrogen-bond donors (Lipinski definition) is 0. The highest BCUT2D eigenvalue weighted by molar-refractivity contribution is 9.10. The van der Waals surface area contributed by atoms with Crippen LogP contribution in [0.1, 0.15) is 42.0 Å². The Morgan fingerprint density at radius 3 is 2.43 bits per heavy atom. The number of hydrogen-bond acceptors (Lipinski definition) is 3. The lowest BCUT2D eigenvalue weighted by Gasteiger charge is -2.40. The molecule has 2 aliphatic heterocycles. The second kappa shape index (κ2) is 9.25. The average molecular weight is 547 g/mol. The molecule has 6 heteroatoms. The summed E-state index contributed by atoms with van der Waals surface area (Å²) in [7, 11) is 0. The van der Waals surface area contributed by atoms with Crippen LogP contribution in [0.4, 0.5) is 8.78 Å². The molecule has 0 saturated heterocycles. The number of fused-ring (bicyclic) bond motifs is 1. The second-order valence-electron chi connectivity index (χ2n) is 8.73. The van der Waals surface area contributed by atoms with E-state index >= 15 is 4.39 Å². The van der Waals surface area contributed by atoms with E-state index in [4.69, 9.17) is 4.99 Å². The summed E-state index contributed by atoms with van der Waals surface area (Å²) in [5.74, 6) is -0.485. The first-order chi connectivity index (χ1) is 17.1. The first-order valence-corrected chi connectivity index (χ1v) is 13.2. The van der Waals surface area contributed by atoms with Crippen molar-refractivity contribution in [3.05, 3.63) is 128 Å². The molecular formula is C29H21BrF2N2S. The van der Waals surface area contributed by atoms with Gasteiger partial charge >= 0.3 is 0 Å². The van der Waals surface area contributed by atoms with Gasteiger partial charge in [-0.3, -0.25) is 0 Å². The fraction of sp³-hybridized carbons (Fsp3) is 0.138. The molecule has 0 N–H and O–H groups in total. The summed E-state index contributed by atoms with van der Waals surface area (Å²) in [6, 6.07) is 21.6. The zero-order valence-corrected chi connectivity index (χ0v) is 21.1. The molecule has 35 heavy (non-hydrogen) atoms. The van der Waals surface area contributed by atoms with Gasteiger partial charge in [0.05, 0.1) is 17.4 Å². The number of allylic oxidation sites excluding steroid dienone is 1. The van der Waals surface area contributed by atoms with Crippen LogP contribution in [-0.4, -0.2) is 10.1 Å². The van der Waals surface area contributed by atoms with E-state index in [2.05, 4.69) is 38.4 Å². The number of aliphatic imine (C=N–C) groups is 1. The maximum Gasteiger partial charge on any atom is 0.174 e. The zero-order chi connectivity index (χ0) is 23.9. The zero-order valence-electron chi connectivity index (χ0n) is 18.7. The minimum Gasteiger partial charge on any atom is -0.308 e. The molecule has 0 spiro atoms. The van der Waals surface area contributed by atoms with Crippen molar-refractivity contribution in [1.82, 2.24) is 4.90 Å². The summed E-state index contributed by atoms with van der Waals surface area (Å²) in [5, 5.41) is 2.91. The normalized spacial score (nSPS) is 20.5. The van der Waals surface area contributed by atoms with Crippen molar-refractivity contribution in [2.24, 2.45) is 4.99 Å². The van der Waals surface area contributed by atoms with Crippen LogP contribution in [0.3, 0.4) is 0 Å². The van der Waals surface area contributed by atoms with E-state index in [1.54, 1.807) is 30.0 Å². The molecule has 2 nitrogen and oxygen atoms in total. The number of nitrogens with zero attached hydrogens (tertiary/aromatic N) is 2. The van der Waals surface area contributed by atoms with Crippen molar-refractivity contribution < 1.29 is 8.78 Å². The van der Waals surface area contributed by atoms with Crippen LogP contribution in [0.5, 0.6) is 0 Å². The summed E-state index contributed by atoms with van der Waals surface area (Å²) in [6.07, 6.45) is 4.44. The Balaban J connectivity index is 1.52. The summed E-state index contributed by atoms with van der Waals surface area (Å²) < 4.78 is 30.8. The van der Waals surface area contributed by atoms with Crippen molar-refractivity contribution in [2.45, 2.75) is 25.3 Å². The molecule has 6 rings (SSSR count). The van der Waals surface area contributed by atoms with E-state index in [0.29, 0.717) is 11.1 Å². The van der Waals surface area contributed by atoms with E-state index < -0.39 is 0 Å². The van der Waals surface area contributed by atoms with Gasteiger partial charge in [0.15, 0.2) is 5.17 Å². The first kappa shape index (κ1) is 22.5. The van der Waals surface area contributed by atoms with E-state index in [9.17, 15) is 4.39 Å². The van der Waals surface area contributed by atoms with Gasteiger partial charge in [0.25, 0.3) is 0 Å². The number of rotatable bonds is 3. The molecule has 0 bridgehead atoms. The van der Waals surface area contributed by atoms with Crippen LogP contribution in [0.15, 0.2) is 105 Å². The number of halogens is 3. The fourth-order valence-electron chi connectivity index (χ4n) is 5.00. The Labute approximate surface area is 215 Å². The van der Waals surface area contributed by atoms with Crippen LogP contribution in [0.25, 0.3) is 11.8 Å². The van der Waals surface area contributed by atoms with Gasteiger partial charge in [0, 0.05) is 21.0 Å². The van der Waals surface area contributed by atoms with E-state index in [-0.39, 0.29) is 17.7 Å². The lowest BCUT2D eigenvalue weighted by atomic mass is 9.82. The van der Waals surface area contributed by atoms with Crippen molar-refractivity contribution >= 4 is 44.6 Å². The smallest absolute Gasteiger partial charge is 0.174 e. The molecule has 1 atom stereocenters. The molecule has 3 aromatic carbocycles. The van der Waals surface area contributed by atoms with Crippen LogP contribution in [0.2, 0.25) is 0 Å². The molecular weight excluding hydrogens is 526 g/mol. The molecule has 1 aliphatic carbocycles. The highest BCUT2D eigenvalue weighted by atomic mass is 79.9. The average Bonchev–Trinajstić information content (AvgIpc) is 3.29. The Kier molecular flexibility index (Phi) is 5.94. The van der Waals surface area contributed by atoms with E-state index in [1.807, 2.05) is 36.4 Å². The van der Waals surface area contributed by atoms with E-state index in [0.717, 1.165) is 57.0 Å². The van der Waals surface area contributed by atoms with Gasteiger partial charge in [-0.2, -0.15) is 0 Å². The molecule has 0 fully saturated rings. The van der Waals surface area contributed by atoms with Gasteiger partial charge in [-0.05, 0) is 66.3 Å². The van der Waals surface area contributed by atoms with Crippen molar-refractivity contribution in [3.8, 4) is 0 Å². The predicted molar refractivity (Wildman–Crippen MR) is 143 cm³/mol. The number of benzene rings is 3. The van der Waals surface area contributed by atoms with Gasteiger partial charge in [-0.25, -0.2) is 13.8 Å². The highest BCUT2D eigenvalue weighted by Crippen LogP contribution is 2.51. The largest absolute Gasteiger partial charge is 0.308 e. The topological polar surface area (TPSA) is 15.6 Å². The lowest BCUT2D eigenvalue weighted by Crippen LogP contribution is -2.35. The quantitative estimate of drug-likeness (QED) is 0.326. The first-order valence-electron chi connectivity index (χ1n) is 11.5. The minimum atomic E-state index is -0.312. The van der Waals surface area contributed by atoms with Gasteiger partial charge in [-0.15, -0.1) is 0 Å². The van der Waals surface area contributed by atoms with Gasteiger partial charge in [0.1, 0.15) is 11.6 Å². The third-order valence-corrected chi connectivity index (χ3v) is 7.98. The standard InChI is InChI=1S/C29H21BrF2N2S/c30-21-14-12-18(13-15-21)26-17-35-29-33-27-20(16-19-6-1-3-10-24(19)31)7-5-9-23(27)28(34(26)29)22-8-2-4-11-25(22)32/h1-4,6,8,10-17,28H,5,7,9H2/b20-16+/t28-/m0/s1. The van der Waals surface area contributed by atoms with Crippen molar-refractivity contribution in [1.29, 1.82) is 0 Å². The van der Waals surface area contributed by atoms with Gasteiger partial charge in [-0.1, -0.05) is 76.2 Å². The Morgan fingerprint density at radius 1 is 0.914 bits per heavy atom. The van der Waals surface area contributed by atoms with Crippen LogP contribution in [-0.2, 0) is 0 Å². The summed E-state index contributed by atoms with van der Waals surface area (Å²) >= 11 is 5.06. The minimum absolute atomic E-state index is 0.233. The van der Waals surface area contributed by atoms with Gasteiger partial charge < -0.3 is 4.90 Å². The molecule has 0 aromatic heterocycles. The Bertz CT molecular complexity index is 1440. The maximum absolute atomic E-state index is 15.3. The number of amidine groups is 1. The van der Waals surface area contributed by atoms with Crippen molar-refractivity contribution in [3.63, 3.8) is 0 Å². The summed E-state index contributed by atoms with van der Waals surface area (Å²) in [5.41, 5.74) is 6.19. The van der Waals surface area contributed by atoms with Crippen LogP contribution < -0.4 is 0 Å². The monoisotopic (exact) mass is 546 g/mol. The Morgan fingerprint density at radius 2 is 1.66 bits per heavy atom. The molecule has 3 aliphatic rings. The third kappa shape index (κ3) is 4.09. The Hall–Kier alpha value is -2.96. The molecule has 2 heterocycles. The third-order valence-electron chi connectivity index (χ3n) is 6.61.